The van der Waals surface area contributed by atoms with Crippen molar-refractivity contribution in [3.63, 3.8) is 0 Å². The van der Waals surface area contributed by atoms with Crippen LogP contribution in [-0.4, -0.2) is 4.98 Å². The molecule has 0 fully saturated rings. The summed E-state index contributed by atoms with van der Waals surface area (Å²) in [4.78, 5) is 3.37. The molecule has 0 spiro atoms. The van der Waals surface area contributed by atoms with Crippen molar-refractivity contribution in [1.29, 1.82) is 0 Å². The van der Waals surface area contributed by atoms with Gasteiger partial charge in [0.2, 0.25) is 0 Å². The number of aryl methyl sites for hydroxylation is 1. The van der Waals surface area contributed by atoms with Crippen molar-refractivity contribution in [3.8, 4) is 0 Å². The van der Waals surface area contributed by atoms with E-state index in [-0.39, 0.29) is 0 Å². The molecular weight excluding hydrogens is 196 g/mol. The van der Waals surface area contributed by atoms with E-state index >= 15 is 0 Å². The number of aromatic amines is 1. The molecule has 0 unspecified atom stereocenters. The summed E-state index contributed by atoms with van der Waals surface area (Å²) >= 11 is 4.94. The molecule has 0 aliphatic heterocycles. The van der Waals surface area contributed by atoms with E-state index in [4.69, 9.17) is 22.4 Å². The number of hydrogen-bond donors (Lipinski definition) is 2. The number of aromatic nitrogens is 1. The van der Waals surface area contributed by atoms with Gasteiger partial charge >= 0.3 is 0 Å². The molecule has 4 heteroatoms. The summed E-state index contributed by atoms with van der Waals surface area (Å²) in [5, 5.41) is 0. The number of nitrogens with two attached hydrogens (primary N) is 1. The average molecular weight is 208 g/mol. The molecule has 2 rings (SSSR count). The molecule has 1 aromatic heterocycles. The Morgan fingerprint density at radius 2 is 2.29 bits per heavy atom. The average Bonchev–Trinajstić information content (AvgIpc) is 2.45. The highest BCUT2D eigenvalue weighted by atomic mass is 32.1. The standard InChI is InChI=1S/C10H12N2OS/c1-2-3-6-4-7(11)5-8-9(6)13-10(14)12-8/h4-5H,2-3,11H2,1H3,(H,12,14). The van der Waals surface area contributed by atoms with Gasteiger partial charge in [-0.05, 0) is 36.3 Å². The van der Waals surface area contributed by atoms with Crippen molar-refractivity contribution in [2.45, 2.75) is 19.8 Å². The van der Waals surface area contributed by atoms with Crippen LogP contribution in [0.2, 0.25) is 0 Å². The predicted octanol–water partition coefficient (Wildman–Crippen LogP) is 3.03. The SMILES string of the molecule is CCCc1cc(N)cc2[nH]c(=S)oc12. The van der Waals surface area contributed by atoms with E-state index in [1.54, 1.807) is 0 Å². The zero-order valence-electron chi connectivity index (χ0n) is 7.96. The molecule has 14 heavy (non-hydrogen) atoms. The maximum atomic E-state index is 5.77. The molecule has 1 aromatic carbocycles. The van der Waals surface area contributed by atoms with Gasteiger partial charge in [0.1, 0.15) is 0 Å². The molecule has 3 N–H and O–H groups in total. The summed E-state index contributed by atoms with van der Waals surface area (Å²) in [6.45, 7) is 2.12. The van der Waals surface area contributed by atoms with Crippen LogP contribution in [0.15, 0.2) is 16.5 Å². The fourth-order valence-electron chi connectivity index (χ4n) is 1.61. The summed E-state index contributed by atoms with van der Waals surface area (Å²) in [6.07, 6.45) is 2.02. The van der Waals surface area contributed by atoms with E-state index < -0.39 is 0 Å². The van der Waals surface area contributed by atoms with Crippen molar-refractivity contribution < 1.29 is 4.42 Å². The maximum absolute atomic E-state index is 5.77. The third-order valence-corrected chi connectivity index (χ3v) is 2.32. The lowest BCUT2D eigenvalue weighted by Gasteiger charge is -2.00. The number of nitrogens with one attached hydrogen (secondary N) is 1. The molecule has 1 heterocycles. The third-order valence-electron chi connectivity index (χ3n) is 2.14. The highest BCUT2D eigenvalue weighted by Gasteiger charge is 2.06. The second kappa shape index (κ2) is 3.46. The summed E-state index contributed by atoms with van der Waals surface area (Å²) in [6, 6.07) is 3.78. The van der Waals surface area contributed by atoms with Crippen LogP contribution in [0.4, 0.5) is 5.69 Å². The van der Waals surface area contributed by atoms with Gasteiger partial charge in [0.05, 0.1) is 5.52 Å². The molecule has 0 amide bonds. The molecule has 0 radical (unpaired) electrons. The zero-order chi connectivity index (χ0) is 10.1. The first-order valence-corrected chi connectivity index (χ1v) is 5.02. The molecule has 3 nitrogen and oxygen atoms in total. The fraction of sp³-hybridized carbons (Fsp3) is 0.300. The molecule has 2 aromatic rings. The lowest BCUT2D eigenvalue weighted by molar-refractivity contribution is 0.579. The highest BCUT2D eigenvalue weighted by Crippen LogP contribution is 2.23. The van der Waals surface area contributed by atoms with Gasteiger partial charge in [-0.1, -0.05) is 13.3 Å². The number of nitrogen functional groups attached to an aromatic ring is 1. The maximum Gasteiger partial charge on any atom is 0.266 e. The number of benzene rings is 1. The van der Waals surface area contributed by atoms with Crippen molar-refractivity contribution in [1.82, 2.24) is 4.98 Å². The van der Waals surface area contributed by atoms with Crippen LogP contribution in [0.5, 0.6) is 0 Å². The van der Waals surface area contributed by atoms with E-state index in [0.717, 1.165) is 35.2 Å². The molecule has 0 saturated carbocycles. The van der Waals surface area contributed by atoms with Gasteiger partial charge in [-0.25, -0.2) is 0 Å². The summed E-state index contributed by atoms with van der Waals surface area (Å²) < 4.78 is 5.41. The van der Waals surface area contributed by atoms with Gasteiger partial charge in [-0.2, -0.15) is 0 Å². The van der Waals surface area contributed by atoms with Crippen LogP contribution in [-0.2, 0) is 6.42 Å². The highest BCUT2D eigenvalue weighted by molar-refractivity contribution is 7.71. The topological polar surface area (TPSA) is 55.0 Å². The van der Waals surface area contributed by atoms with E-state index in [0.29, 0.717) is 4.84 Å². The van der Waals surface area contributed by atoms with Gasteiger partial charge in [-0.3, -0.25) is 0 Å². The minimum absolute atomic E-state index is 0.406. The van der Waals surface area contributed by atoms with Crippen LogP contribution in [0.1, 0.15) is 18.9 Å². The Balaban J connectivity index is 2.72. The van der Waals surface area contributed by atoms with Crippen LogP contribution >= 0.6 is 12.2 Å². The van der Waals surface area contributed by atoms with Crippen LogP contribution in [0, 0.1) is 4.84 Å². The van der Waals surface area contributed by atoms with E-state index in [1.165, 1.54) is 0 Å². The monoisotopic (exact) mass is 208 g/mol. The second-order valence-electron chi connectivity index (χ2n) is 3.32. The van der Waals surface area contributed by atoms with Gasteiger partial charge in [0.15, 0.2) is 5.58 Å². The Labute approximate surface area is 86.9 Å². The first-order valence-electron chi connectivity index (χ1n) is 4.62. The number of oxazole rings is 1. The van der Waals surface area contributed by atoms with Gasteiger partial charge in [0.25, 0.3) is 4.84 Å². The Morgan fingerprint density at radius 1 is 1.50 bits per heavy atom. The molecule has 0 aliphatic carbocycles. The summed E-state index contributed by atoms with van der Waals surface area (Å²) in [5.74, 6) is 0. The number of H-pyrrole nitrogens is 1. The molecule has 0 saturated heterocycles. The Hall–Kier alpha value is -1.29. The Morgan fingerprint density at radius 3 is 3.00 bits per heavy atom. The number of rotatable bonds is 2. The van der Waals surface area contributed by atoms with E-state index in [2.05, 4.69) is 11.9 Å². The second-order valence-corrected chi connectivity index (χ2v) is 3.69. The number of anilines is 1. The van der Waals surface area contributed by atoms with E-state index in [1.807, 2.05) is 12.1 Å². The molecule has 0 aliphatic rings. The summed E-state index contributed by atoms with van der Waals surface area (Å²) in [7, 11) is 0. The van der Waals surface area contributed by atoms with Gasteiger partial charge in [-0.15, -0.1) is 0 Å². The van der Waals surface area contributed by atoms with E-state index in [9.17, 15) is 0 Å². The number of hydrogen-bond acceptors (Lipinski definition) is 3. The molecule has 0 atom stereocenters. The van der Waals surface area contributed by atoms with Crippen LogP contribution in [0.25, 0.3) is 11.1 Å². The lowest BCUT2D eigenvalue weighted by atomic mass is 10.1. The van der Waals surface area contributed by atoms with Crippen molar-refractivity contribution in [3.05, 3.63) is 22.5 Å². The molecule has 0 bridgehead atoms. The minimum atomic E-state index is 0.406. The van der Waals surface area contributed by atoms with Crippen molar-refractivity contribution in [2.24, 2.45) is 0 Å². The lowest BCUT2D eigenvalue weighted by Crippen LogP contribution is -1.90. The van der Waals surface area contributed by atoms with Gasteiger partial charge in [0, 0.05) is 5.69 Å². The Bertz CT molecular complexity index is 512. The first kappa shape index (κ1) is 9.27. The smallest absolute Gasteiger partial charge is 0.266 e. The van der Waals surface area contributed by atoms with Crippen molar-refractivity contribution >= 4 is 29.0 Å². The molecule has 74 valence electrons. The van der Waals surface area contributed by atoms with Crippen LogP contribution in [0.3, 0.4) is 0 Å². The fourth-order valence-corrected chi connectivity index (χ4v) is 1.80. The minimum Gasteiger partial charge on any atom is -0.429 e. The normalized spacial score (nSPS) is 10.9. The summed E-state index contributed by atoms with van der Waals surface area (Å²) in [5.41, 5.74) is 9.36. The predicted molar refractivity (Wildman–Crippen MR) is 59.8 cm³/mol. The van der Waals surface area contributed by atoms with Crippen LogP contribution < -0.4 is 5.73 Å². The van der Waals surface area contributed by atoms with Crippen molar-refractivity contribution in [2.75, 3.05) is 5.73 Å². The first-order chi connectivity index (χ1) is 6.70. The number of fused-ring (bicyclic) bond motifs is 1. The quantitative estimate of drug-likeness (QED) is 0.589. The zero-order valence-corrected chi connectivity index (χ0v) is 8.78. The Kier molecular flexibility index (Phi) is 2.29. The largest absolute Gasteiger partial charge is 0.429 e. The third kappa shape index (κ3) is 1.53. The van der Waals surface area contributed by atoms with Gasteiger partial charge < -0.3 is 15.1 Å². The molecular formula is C10H12N2OS.